The lowest BCUT2D eigenvalue weighted by Crippen LogP contribution is -1.91. The summed E-state index contributed by atoms with van der Waals surface area (Å²) in [6.45, 7) is 0. The molecule has 20 heavy (non-hydrogen) atoms. The van der Waals surface area contributed by atoms with Crippen molar-refractivity contribution >= 4 is 33.3 Å². The number of anilines is 2. The van der Waals surface area contributed by atoms with Crippen LogP contribution in [0, 0.1) is 0 Å². The van der Waals surface area contributed by atoms with Gasteiger partial charge in [0.2, 0.25) is 0 Å². The molecule has 102 valence electrons. The largest absolute Gasteiger partial charge is 0.390 e. The Morgan fingerprint density at radius 1 is 1.30 bits per heavy atom. The quantitative estimate of drug-likeness (QED) is 0.676. The smallest absolute Gasteiger partial charge is 0.180 e. The van der Waals surface area contributed by atoms with Crippen LogP contribution in [0.4, 0.5) is 10.8 Å². The maximum atomic E-state index is 6.19. The highest BCUT2D eigenvalue weighted by Crippen LogP contribution is 2.42. The van der Waals surface area contributed by atoms with Crippen molar-refractivity contribution < 1.29 is 0 Å². The molecule has 0 aromatic carbocycles. The van der Waals surface area contributed by atoms with Crippen molar-refractivity contribution in [2.24, 2.45) is 0 Å². The summed E-state index contributed by atoms with van der Waals surface area (Å²) in [6, 6.07) is 3.93. The zero-order valence-electron chi connectivity index (χ0n) is 11.2. The lowest BCUT2D eigenvalue weighted by Gasteiger charge is -1.98. The SMILES string of the molecule is CNc1ccc2[nH]c(-c3c(N)sc4c3CCC4)nc2n1. The van der Waals surface area contributed by atoms with Gasteiger partial charge in [0.15, 0.2) is 5.65 Å². The van der Waals surface area contributed by atoms with E-state index in [1.54, 1.807) is 11.3 Å². The van der Waals surface area contributed by atoms with Gasteiger partial charge in [0.05, 0.1) is 16.1 Å². The molecule has 0 saturated heterocycles. The molecule has 1 aliphatic carbocycles. The van der Waals surface area contributed by atoms with Crippen molar-refractivity contribution in [2.45, 2.75) is 19.3 Å². The fourth-order valence-corrected chi connectivity index (χ4v) is 4.00. The summed E-state index contributed by atoms with van der Waals surface area (Å²) >= 11 is 1.70. The van der Waals surface area contributed by atoms with Crippen LogP contribution in [0.5, 0.6) is 0 Å². The molecule has 0 spiro atoms. The molecule has 1 aliphatic rings. The molecule has 6 heteroatoms. The molecule has 0 aliphatic heterocycles. The van der Waals surface area contributed by atoms with Crippen LogP contribution in [-0.2, 0) is 12.8 Å². The Bertz CT molecular complexity index is 801. The number of aryl methyl sites for hydroxylation is 1. The van der Waals surface area contributed by atoms with E-state index in [0.717, 1.165) is 46.2 Å². The van der Waals surface area contributed by atoms with E-state index in [2.05, 4.69) is 20.3 Å². The summed E-state index contributed by atoms with van der Waals surface area (Å²) in [6.07, 6.45) is 3.47. The molecule has 0 atom stereocenters. The summed E-state index contributed by atoms with van der Waals surface area (Å²) in [4.78, 5) is 13.8. The fraction of sp³-hybridized carbons (Fsp3) is 0.286. The second kappa shape index (κ2) is 4.21. The van der Waals surface area contributed by atoms with Crippen molar-refractivity contribution in [2.75, 3.05) is 18.1 Å². The highest BCUT2D eigenvalue weighted by Gasteiger charge is 2.23. The number of fused-ring (bicyclic) bond motifs is 2. The Labute approximate surface area is 120 Å². The Kier molecular flexibility index (Phi) is 2.47. The fourth-order valence-electron chi connectivity index (χ4n) is 2.84. The van der Waals surface area contributed by atoms with Crippen LogP contribution >= 0.6 is 11.3 Å². The van der Waals surface area contributed by atoms with Crippen molar-refractivity contribution in [3.8, 4) is 11.4 Å². The maximum absolute atomic E-state index is 6.19. The summed E-state index contributed by atoms with van der Waals surface area (Å²) in [7, 11) is 1.85. The number of hydrogen-bond acceptors (Lipinski definition) is 5. The summed E-state index contributed by atoms with van der Waals surface area (Å²) in [5.74, 6) is 1.66. The van der Waals surface area contributed by atoms with Gasteiger partial charge < -0.3 is 16.0 Å². The van der Waals surface area contributed by atoms with E-state index in [1.165, 1.54) is 16.9 Å². The minimum Gasteiger partial charge on any atom is -0.390 e. The molecule has 3 heterocycles. The first-order valence-electron chi connectivity index (χ1n) is 6.71. The zero-order chi connectivity index (χ0) is 13.7. The summed E-state index contributed by atoms with van der Waals surface area (Å²) in [5, 5.41) is 3.89. The summed E-state index contributed by atoms with van der Waals surface area (Å²) < 4.78 is 0. The molecule has 0 fully saturated rings. The predicted octanol–water partition coefficient (Wildman–Crippen LogP) is 2.80. The number of pyridine rings is 1. The van der Waals surface area contributed by atoms with Gasteiger partial charge >= 0.3 is 0 Å². The first-order chi connectivity index (χ1) is 9.76. The highest BCUT2D eigenvalue weighted by molar-refractivity contribution is 7.16. The van der Waals surface area contributed by atoms with Gasteiger partial charge in [-0.2, -0.15) is 0 Å². The number of nitrogens with zero attached hydrogens (tertiary/aromatic N) is 2. The molecule has 0 bridgehead atoms. The average molecular weight is 285 g/mol. The summed E-state index contributed by atoms with van der Waals surface area (Å²) in [5.41, 5.74) is 10.3. The molecular weight excluding hydrogens is 270 g/mol. The lowest BCUT2D eigenvalue weighted by atomic mass is 10.1. The number of rotatable bonds is 2. The number of aromatic amines is 1. The van der Waals surface area contributed by atoms with E-state index < -0.39 is 0 Å². The monoisotopic (exact) mass is 285 g/mol. The van der Waals surface area contributed by atoms with Crippen LogP contribution in [-0.4, -0.2) is 22.0 Å². The van der Waals surface area contributed by atoms with Gasteiger partial charge in [-0.25, -0.2) is 9.97 Å². The Morgan fingerprint density at radius 3 is 3.05 bits per heavy atom. The number of thiophene rings is 1. The number of nitrogen functional groups attached to an aromatic ring is 1. The lowest BCUT2D eigenvalue weighted by molar-refractivity contribution is 0.915. The number of hydrogen-bond donors (Lipinski definition) is 3. The maximum Gasteiger partial charge on any atom is 0.180 e. The Hall–Kier alpha value is -2.08. The molecule has 5 nitrogen and oxygen atoms in total. The molecule has 3 aromatic rings. The molecule has 0 saturated carbocycles. The predicted molar refractivity (Wildman–Crippen MR) is 83.2 cm³/mol. The highest BCUT2D eigenvalue weighted by atomic mass is 32.1. The van der Waals surface area contributed by atoms with E-state index in [4.69, 9.17) is 5.73 Å². The van der Waals surface area contributed by atoms with E-state index >= 15 is 0 Å². The van der Waals surface area contributed by atoms with E-state index in [-0.39, 0.29) is 0 Å². The second-order valence-corrected chi connectivity index (χ2v) is 6.14. The van der Waals surface area contributed by atoms with Crippen molar-refractivity contribution in [1.29, 1.82) is 0 Å². The van der Waals surface area contributed by atoms with E-state index in [0.29, 0.717) is 0 Å². The normalized spacial score (nSPS) is 13.8. The molecular formula is C14H15N5S. The van der Waals surface area contributed by atoms with Gasteiger partial charge in [0.25, 0.3) is 0 Å². The standard InChI is InChI=1S/C14H15N5S/c1-16-10-6-5-8-13(18-10)19-14(17-8)11-7-3-2-4-9(7)20-12(11)15/h5-6H,2-4,15H2,1H3,(H2,16,17,18,19). The van der Waals surface area contributed by atoms with Crippen LogP contribution in [0.3, 0.4) is 0 Å². The van der Waals surface area contributed by atoms with Gasteiger partial charge in [0, 0.05) is 11.9 Å². The number of imidazole rings is 1. The third-order valence-electron chi connectivity index (χ3n) is 3.79. The number of H-pyrrole nitrogens is 1. The minimum absolute atomic E-state index is 0.726. The van der Waals surface area contributed by atoms with Crippen molar-refractivity contribution in [3.63, 3.8) is 0 Å². The third kappa shape index (κ3) is 1.61. The van der Waals surface area contributed by atoms with Crippen LogP contribution in [0.1, 0.15) is 16.9 Å². The van der Waals surface area contributed by atoms with Gasteiger partial charge in [-0.15, -0.1) is 11.3 Å². The van der Waals surface area contributed by atoms with Crippen LogP contribution < -0.4 is 11.1 Å². The molecule has 0 amide bonds. The van der Waals surface area contributed by atoms with E-state index in [9.17, 15) is 0 Å². The molecule has 0 unspecified atom stereocenters. The third-order valence-corrected chi connectivity index (χ3v) is 4.91. The van der Waals surface area contributed by atoms with Gasteiger partial charge in [-0.1, -0.05) is 0 Å². The zero-order valence-corrected chi connectivity index (χ0v) is 12.0. The van der Waals surface area contributed by atoms with Crippen molar-refractivity contribution in [3.05, 3.63) is 22.6 Å². The number of nitrogens with one attached hydrogen (secondary N) is 2. The number of nitrogens with two attached hydrogens (primary N) is 1. The van der Waals surface area contributed by atoms with Crippen LogP contribution in [0.2, 0.25) is 0 Å². The van der Waals surface area contributed by atoms with E-state index in [1.807, 2.05) is 19.2 Å². The van der Waals surface area contributed by atoms with Crippen molar-refractivity contribution in [1.82, 2.24) is 15.0 Å². The number of aromatic nitrogens is 3. The Balaban J connectivity index is 1.90. The average Bonchev–Trinajstić information content (AvgIpc) is 3.10. The van der Waals surface area contributed by atoms with Gasteiger partial charge in [0.1, 0.15) is 11.6 Å². The minimum atomic E-state index is 0.726. The first-order valence-corrected chi connectivity index (χ1v) is 7.53. The Morgan fingerprint density at radius 2 is 2.20 bits per heavy atom. The van der Waals surface area contributed by atoms with Crippen LogP contribution in [0.15, 0.2) is 12.1 Å². The molecule has 4 N–H and O–H groups in total. The first kappa shape index (κ1) is 11.7. The molecule has 3 aromatic heterocycles. The van der Waals surface area contributed by atoms with Gasteiger partial charge in [-0.05, 0) is 37.0 Å². The second-order valence-electron chi connectivity index (χ2n) is 5.00. The molecule has 0 radical (unpaired) electrons. The topological polar surface area (TPSA) is 79.6 Å². The van der Waals surface area contributed by atoms with Crippen LogP contribution in [0.25, 0.3) is 22.6 Å². The van der Waals surface area contributed by atoms with Gasteiger partial charge in [-0.3, -0.25) is 0 Å². The molecule has 4 rings (SSSR count).